The average molecular weight is 286 g/mol. The van der Waals surface area contributed by atoms with Gasteiger partial charge in [0, 0.05) is 19.7 Å². The van der Waals surface area contributed by atoms with Crippen LogP contribution in [0.25, 0.3) is 11.3 Å². The van der Waals surface area contributed by atoms with Gasteiger partial charge in [0.15, 0.2) is 0 Å². The van der Waals surface area contributed by atoms with Crippen molar-refractivity contribution in [3.8, 4) is 11.3 Å². The van der Waals surface area contributed by atoms with Crippen molar-refractivity contribution in [3.05, 3.63) is 47.7 Å². The Labute approximate surface area is 123 Å². The number of rotatable bonds is 3. The number of aromatic nitrogens is 1. The largest absolute Gasteiger partial charge is 0.350 e. The summed E-state index contributed by atoms with van der Waals surface area (Å²) in [4.78, 5) is 24.9. The molecule has 0 fully saturated rings. The third kappa shape index (κ3) is 2.89. The lowest BCUT2D eigenvalue weighted by Crippen LogP contribution is -2.30. The molecule has 0 aliphatic rings. The Bertz CT molecular complexity index is 674. The average Bonchev–Trinajstić information content (AvgIpc) is 2.76. The van der Waals surface area contributed by atoms with Gasteiger partial charge in [-0.3, -0.25) is 9.47 Å². The highest BCUT2D eigenvalue weighted by atomic mass is 16.2. The first-order valence-electron chi connectivity index (χ1n) is 6.47. The monoisotopic (exact) mass is 286 g/mol. The van der Waals surface area contributed by atoms with Gasteiger partial charge in [-0.15, -0.1) is 0 Å². The Morgan fingerprint density at radius 2 is 1.81 bits per heavy atom. The number of amides is 3. The summed E-state index contributed by atoms with van der Waals surface area (Å²) < 4.78 is 1.54. The van der Waals surface area contributed by atoms with Crippen LogP contribution in [-0.4, -0.2) is 35.6 Å². The predicted octanol–water partition coefficient (Wildman–Crippen LogP) is 1.79. The fourth-order valence-corrected chi connectivity index (χ4v) is 2.14. The topological polar surface area (TPSA) is 80.4 Å². The van der Waals surface area contributed by atoms with Crippen LogP contribution >= 0.6 is 0 Å². The number of carbonyl (C=O) groups is 2. The lowest BCUT2D eigenvalue weighted by atomic mass is 10.1. The van der Waals surface area contributed by atoms with Crippen LogP contribution in [0.5, 0.6) is 0 Å². The fraction of sp³-hybridized carbons (Fsp3) is 0.200. The summed E-state index contributed by atoms with van der Waals surface area (Å²) in [5.74, 6) is -0.130. The zero-order valence-corrected chi connectivity index (χ0v) is 12.3. The van der Waals surface area contributed by atoms with Crippen molar-refractivity contribution < 1.29 is 9.59 Å². The number of hydrogen-bond donors (Lipinski definition) is 2. The van der Waals surface area contributed by atoms with Gasteiger partial charge in [-0.1, -0.05) is 30.3 Å². The summed E-state index contributed by atoms with van der Waals surface area (Å²) in [7, 11) is 3.37. The Hall–Kier alpha value is -2.76. The van der Waals surface area contributed by atoms with Crippen molar-refractivity contribution in [2.45, 2.75) is 6.92 Å². The van der Waals surface area contributed by atoms with Gasteiger partial charge in [0.05, 0.1) is 17.0 Å². The Morgan fingerprint density at radius 3 is 2.33 bits per heavy atom. The number of hydrogen-bond acceptors (Lipinski definition) is 2. The summed E-state index contributed by atoms with van der Waals surface area (Å²) in [6.07, 6.45) is 0. The molecule has 6 heteroatoms. The van der Waals surface area contributed by atoms with E-state index >= 15 is 0 Å². The minimum atomic E-state index is -0.685. The van der Waals surface area contributed by atoms with E-state index in [9.17, 15) is 9.59 Å². The number of urea groups is 1. The van der Waals surface area contributed by atoms with E-state index in [1.807, 2.05) is 30.3 Å². The third-order valence-corrected chi connectivity index (χ3v) is 3.18. The molecular weight excluding hydrogens is 268 g/mol. The highest BCUT2D eigenvalue weighted by Gasteiger charge is 2.20. The van der Waals surface area contributed by atoms with Crippen LogP contribution in [-0.2, 0) is 0 Å². The standard InChI is InChI=1S/C15H18N4O2/c1-10-12(14(20)18(2)3)9-13(19(10)17-15(16)21)11-7-5-4-6-8-11/h4-9H,1-3H3,(H3,16,17,21). The lowest BCUT2D eigenvalue weighted by Gasteiger charge is -2.12. The predicted molar refractivity (Wildman–Crippen MR) is 81.6 cm³/mol. The van der Waals surface area contributed by atoms with Crippen LogP contribution in [0.4, 0.5) is 4.79 Å². The Balaban J connectivity index is 2.60. The molecule has 0 bridgehead atoms. The smallest absolute Gasteiger partial charge is 0.331 e. The van der Waals surface area contributed by atoms with E-state index in [1.165, 1.54) is 9.58 Å². The van der Waals surface area contributed by atoms with Crippen LogP contribution in [0.15, 0.2) is 36.4 Å². The highest BCUT2D eigenvalue weighted by molar-refractivity contribution is 5.97. The second-order valence-corrected chi connectivity index (χ2v) is 4.91. The van der Waals surface area contributed by atoms with Crippen molar-refractivity contribution in [1.82, 2.24) is 9.58 Å². The number of benzene rings is 1. The molecular formula is C15H18N4O2. The van der Waals surface area contributed by atoms with E-state index in [4.69, 9.17) is 5.73 Å². The third-order valence-electron chi connectivity index (χ3n) is 3.18. The zero-order valence-electron chi connectivity index (χ0n) is 12.3. The molecule has 0 atom stereocenters. The summed E-state index contributed by atoms with van der Waals surface area (Å²) >= 11 is 0. The van der Waals surface area contributed by atoms with E-state index in [1.54, 1.807) is 27.1 Å². The van der Waals surface area contributed by atoms with E-state index < -0.39 is 6.03 Å². The number of carbonyl (C=O) groups excluding carboxylic acids is 2. The molecule has 0 aliphatic carbocycles. The molecule has 1 aromatic heterocycles. The molecule has 110 valence electrons. The molecule has 1 aromatic carbocycles. The first-order chi connectivity index (χ1) is 9.91. The van der Waals surface area contributed by atoms with E-state index in [0.29, 0.717) is 17.0 Å². The molecule has 21 heavy (non-hydrogen) atoms. The van der Waals surface area contributed by atoms with Crippen LogP contribution in [0, 0.1) is 6.92 Å². The molecule has 0 saturated carbocycles. The second kappa shape index (κ2) is 5.70. The van der Waals surface area contributed by atoms with Crippen LogP contribution in [0.1, 0.15) is 16.1 Å². The maximum atomic E-state index is 12.2. The molecule has 1 heterocycles. The summed E-state index contributed by atoms with van der Waals surface area (Å²) in [5, 5.41) is 0. The molecule has 2 rings (SSSR count). The molecule has 0 aliphatic heterocycles. The van der Waals surface area contributed by atoms with E-state index in [-0.39, 0.29) is 5.91 Å². The minimum Gasteiger partial charge on any atom is -0.350 e. The van der Waals surface area contributed by atoms with Gasteiger partial charge in [-0.2, -0.15) is 0 Å². The van der Waals surface area contributed by atoms with Crippen molar-refractivity contribution in [3.63, 3.8) is 0 Å². The normalized spacial score (nSPS) is 10.2. The summed E-state index contributed by atoms with van der Waals surface area (Å²) in [6, 6.07) is 10.5. The molecule has 2 aromatic rings. The van der Waals surface area contributed by atoms with Gasteiger partial charge in [-0.25, -0.2) is 10.2 Å². The van der Waals surface area contributed by atoms with Gasteiger partial charge in [0.2, 0.25) is 0 Å². The maximum Gasteiger partial charge on any atom is 0.331 e. The zero-order chi connectivity index (χ0) is 15.6. The van der Waals surface area contributed by atoms with Crippen molar-refractivity contribution in [1.29, 1.82) is 0 Å². The number of primary amides is 1. The summed E-state index contributed by atoms with van der Waals surface area (Å²) in [5.41, 5.74) is 10.5. The van der Waals surface area contributed by atoms with Crippen LogP contribution in [0.3, 0.4) is 0 Å². The van der Waals surface area contributed by atoms with Crippen LogP contribution in [0.2, 0.25) is 0 Å². The van der Waals surface area contributed by atoms with Crippen molar-refractivity contribution in [2.24, 2.45) is 5.73 Å². The number of nitrogens with two attached hydrogens (primary N) is 1. The molecule has 3 N–H and O–H groups in total. The maximum absolute atomic E-state index is 12.2. The van der Waals surface area contributed by atoms with Crippen molar-refractivity contribution in [2.75, 3.05) is 19.5 Å². The summed E-state index contributed by atoms with van der Waals surface area (Å²) in [6.45, 7) is 1.76. The van der Waals surface area contributed by atoms with Gasteiger partial charge in [-0.05, 0) is 13.0 Å². The quantitative estimate of drug-likeness (QED) is 0.902. The Morgan fingerprint density at radius 1 is 1.19 bits per heavy atom. The number of nitrogens with zero attached hydrogens (tertiary/aromatic N) is 2. The van der Waals surface area contributed by atoms with E-state index in [2.05, 4.69) is 5.43 Å². The lowest BCUT2D eigenvalue weighted by molar-refractivity contribution is 0.0827. The van der Waals surface area contributed by atoms with Gasteiger partial charge in [0.1, 0.15) is 0 Å². The molecule has 3 amide bonds. The molecule has 0 spiro atoms. The second-order valence-electron chi connectivity index (χ2n) is 4.91. The minimum absolute atomic E-state index is 0.130. The Kier molecular flexibility index (Phi) is 3.98. The van der Waals surface area contributed by atoms with E-state index in [0.717, 1.165) is 5.56 Å². The molecule has 0 saturated heterocycles. The number of nitrogens with one attached hydrogen (secondary N) is 1. The van der Waals surface area contributed by atoms with Crippen LogP contribution < -0.4 is 11.2 Å². The first kappa shape index (κ1) is 14.6. The van der Waals surface area contributed by atoms with Gasteiger partial charge in [0.25, 0.3) is 5.91 Å². The van der Waals surface area contributed by atoms with Gasteiger partial charge < -0.3 is 10.6 Å². The first-order valence-corrected chi connectivity index (χ1v) is 6.47. The molecule has 0 radical (unpaired) electrons. The highest BCUT2D eigenvalue weighted by Crippen LogP contribution is 2.25. The van der Waals surface area contributed by atoms with Crippen molar-refractivity contribution >= 4 is 11.9 Å². The SMILES string of the molecule is Cc1c(C(=O)N(C)C)cc(-c2ccccc2)n1NC(N)=O. The molecule has 6 nitrogen and oxygen atoms in total. The van der Waals surface area contributed by atoms with Gasteiger partial charge >= 0.3 is 6.03 Å². The molecule has 0 unspecified atom stereocenters. The fourth-order valence-electron chi connectivity index (χ4n) is 2.14.